The lowest BCUT2D eigenvalue weighted by atomic mass is 10.0. The van der Waals surface area contributed by atoms with Crippen LogP contribution in [0.2, 0.25) is 10.0 Å². The Morgan fingerprint density at radius 2 is 1.97 bits per heavy atom. The van der Waals surface area contributed by atoms with Crippen molar-refractivity contribution >= 4 is 53.6 Å². The highest BCUT2D eigenvalue weighted by Crippen LogP contribution is 2.32. The summed E-state index contributed by atoms with van der Waals surface area (Å²) in [6.45, 7) is 6.45. The Bertz CT molecular complexity index is 1350. The Morgan fingerprint density at radius 1 is 1.11 bits per heavy atom. The fraction of sp³-hybridized carbons (Fsp3) is 0.111. The van der Waals surface area contributed by atoms with Gasteiger partial charge in [0, 0.05) is 23.5 Å². The first-order chi connectivity index (χ1) is 17.0. The Balaban J connectivity index is 1.75. The van der Waals surface area contributed by atoms with Crippen molar-refractivity contribution in [3.8, 4) is 0 Å². The van der Waals surface area contributed by atoms with Crippen molar-refractivity contribution in [1.82, 2.24) is 10.3 Å². The topological polar surface area (TPSA) is 69.4 Å². The number of amidine groups is 1. The second kappa shape index (κ2) is 11.1. The van der Waals surface area contributed by atoms with Crippen LogP contribution in [0.3, 0.4) is 0 Å². The number of hydrazone groups is 1. The van der Waals surface area contributed by atoms with Crippen molar-refractivity contribution in [2.45, 2.75) is 13.3 Å². The van der Waals surface area contributed by atoms with Crippen molar-refractivity contribution in [1.29, 1.82) is 0 Å². The standard InChI is InChI=1S/C27H23Cl2N5O/c1-18-7-5-8-19(15-18)25(30-2)26(34-14-4-3-13-32-34)20-9-6-12-31-24(17-20)33-27(35)21-10-11-22(28)23(29)16-21/h3-8,10-13,15-17H,2,9,14H2,1H3,(H,31,33,35)/b26-25-. The summed E-state index contributed by atoms with van der Waals surface area (Å²) in [5.41, 5.74) is 4.76. The van der Waals surface area contributed by atoms with E-state index >= 15 is 0 Å². The lowest BCUT2D eigenvalue weighted by Crippen LogP contribution is -2.30. The number of rotatable bonds is 5. The molecular formula is C27H23Cl2N5O. The summed E-state index contributed by atoms with van der Waals surface area (Å²) in [4.78, 5) is 21.7. The zero-order valence-corrected chi connectivity index (χ0v) is 20.6. The summed E-state index contributed by atoms with van der Waals surface area (Å²) in [5.74, 6) is 0.0323. The smallest absolute Gasteiger partial charge is 0.256 e. The lowest BCUT2D eigenvalue weighted by Gasteiger charge is -2.26. The van der Waals surface area contributed by atoms with Crippen molar-refractivity contribution in [3.05, 3.63) is 111 Å². The number of nitrogens with zero attached hydrogens (tertiary/aromatic N) is 4. The zero-order valence-electron chi connectivity index (χ0n) is 19.1. The van der Waals surface area contributed by atoms with Crippen LogP contribution in [-0.4, -0.2) is 36.2 Å². The van der Waals surface area contributed by atoms with Crippen molar-refractivity contribution < 1.29 is 4.79 Å². The SMILES string of the molecule is C=N/C(=C(/C1=CC(NC(=O)c2ccc(Cl)c(Cl)c2)=NC=CC1)N1CC=CC=N1)c1cccc(C)c1. The van der Waals surface area contributed by atoms with E-state index in [-0.39, 0.29) is 5.91 Å². The monoisotopic (exact) mass is 503 g/mol. The molecule has 0 saturated heterocycles. The number of amides is 1. The molecule has 0 atom stereocenters. The fourth-order valence-electron chi connectivity index (χ4n) is 3.71. The molecule has 35 heavy (non-hydrogen) atoms. The maximum atomic E-state index is 12.9. The molecular weight excluding hydrogens is 481 g/mol. The number of nitrogens with one attached hydrogen (secondary N) is 1. The quantitative estimate of drug-likeness (QED) is 0.493. The van der Waals surface area contributed by atoms with Crippen molar-refractivity contribution in [3.63, 3.8) is 0 Å². The van der Waals surface area contributed by atoms with Crippen LogP contribution in [0.25, 0.3) is 5.70 Å². The van der Waals surface area contributed by atoms with Gasteiger partial charge in [0.05, 0.1) is 28.0 Å². The molecule has 0 fully saturated rings. The third-order valence-electron chi connectivity index (χ3n) is 5.33. The molecule has 2 heterocycles. The van der Waals surface area contributed by atoms with Crippen LogP contribution in [0.15, 0.2) is 99.3 Å². The maximum Gasteiger partial charge on any atom is 0.256 e. The van der Waals surface area contributed by atoms with E-state index in [9.17, 15) is 4.79 Å². The number of hydrogen-bond donors (Lipinski definition) is 1. The van der Waals surface area contributed by atoms with Gasteiger partial charge in [0.1, 0.15) is 5.84 Å². The summed E-state index contributed by atoms with van der Waals surface area (Å²) in [6.07, 6.45) is 11.6. The molecule has 2 aromatic rings. The minimum absolute atomic E-state index is 0.305. The molecule has 0 radical (unpaired) electrons. The van der Waals surface area contributed by atoms with E-state index in [1.807, 2.05) is 54.4 Å². The molecule has 8 heteroatoms. The van der Waals surface area contributed by atoms with Crippen LogP contribution in [0, 0.1) is 6.92 Å². The summed E-state index contributed by atoms with van der Waals surface area (Å²) in [7, 11) is 0. The molecule has 6 nitrogen and oxygen atoms in total. The fourth-order valence-corrected chi connectivity index (χ4v) is 4.00. The van der Waals surface area contributed by atoms with E-state index in [4.69, 9.17) is 23.2 Å². The molecule has 1 N–H and O–H groups in total. The molecule has 1 amide bonds. The molecule has 0 aliphatic carbocycles. The van der Waals surface area contributed by atoms with E-state index in [0.29, 0.717) is 40.1 Å². The second-order valence-corrected chi connectivity index (χ2v) is 8.67. The van der Waals surface area contributed by atoms with Gasteiger partial charge in [-0.3, -0.25) is 14.8 Å². The van der Waals surface area contributed by atoms with Crippen LogP contribution in [0.5, 0.6) is 0 Å². The predicted molar refractivity (Wildman–Crippen MR) is 145 cm³/mol. The van der Waals surface area contributed by atoms with Crippen LogP contribution in [0.4, 0.5) is 0 Å². The van der Waals surface area contributed by atoms with Gasteiger partial charge in [-0.15, -0.1) is 0 Å². The highest BCUT2D eigenvalue weighted by Gasteiger charge is 2.21. The second-order valence-electron chi connectivity index (χ2n) is 7.86. The Labute approximate surface area is 214 Å². The maximum absolute atomic E-state index is 12.9. The van der Waals surface area contributed by atoms with Crippen LogP contribution in [-0.2, 0) is 0 Å². The van der Waals surface area contributed by atoms with Gasteiger partial charge in [0.15, 0.2) is 0 Å². The Kier molecular flexibility index (Phi) is 7.75. The van der Waals surface area contributed by atoms with E-state index in [2.05, 4.69) is 33.2 Å². The number of benzene rings is 2. The van der Waals surface area contributed by atoms with Crippen molar-refractivity contribution in [2.75, 3.05) is 6.54 Å². The third-order valence-corrected chi connectivity index (χ3v) is 6.07. The number of allylic oxidation sites excluding steroid dienone is 3. The minimum Gasteiger partial charge on any atom is -0.307 e. The zero-order chi connectivity index (χ0) is 24.8. The largest absolute Gasteiger partial charge is 0.307 e. The molecule has 2 aliphatic heterocycles. The number of aryl methyl sites for hydroxylation is 1. The molecule has 0 spiro atoms. The van der Waals surface area contributed by atoms with Gasteiger partial charge >= 0.3 is 0 Å². The molecule has 2 aromatic carbocycles. The van der Waals surface area contributed by atoms with Gasteiger partial charge in [-0.2, -0.15) is 5.10 Å². The average Bonchev–Trinajstić information content (AvgIpc) is 3.09. The highest BCUT2D eigenvalue weighted by molar-refractivity contribution is 6.42. The van der Waals surface area contributed by atoms with E-state index in [1.54, 1.807) is 24.5 Å². The summed E-state index contributed by atoms with van der Waals surface area (Å²) >= 11 is 12.1. The number of carbonyl (C=O) groups excluding carboxylic acids is 1. The van der Waals surface area contributed by atoms with Crippen LogP contribution < -0.4 is 5.32 Å². The van der Waals surface area contributed by atoms with Crippen molar-refractivity contribution in [2.24, 2.45) is 15.1 Å². The third kappa shape index (κ3) is 5.85. The normalized spacial score (nSPS) is 15.7. The first kappa shape index (κ1) is 24.4. The first-order valence-corrected chi connectivity index (χ1v) is 11.7. The van der Waals surface area contributed by atoms with Gasteiger partial charge in [0.25, 0.3) is 5.91 Å². The summed E-state index contributed by atoms with van der Waals surface area (Å²) in [5, 5.41) is 9.97. The van der Waals surface area contributed by atoms with Gasteiger partial charge in [-0.1, -0.05) is 59.1 Å². The highest BCUT2D eigenvalue weighted by atomic mass is 35.5. The number of halogens is 2. The minimum atomic E-state index is -0.349. The molecule has 4 rings (SSSR count). The van der Waals surface area contributed by atoms with E-state index in [0.717, 1.165) is 22.4 Å². The first-order valence-electron chi connectivity index (χ1n) is 10.9. The van der Waals surface area contributed by atoms with Gasteiger partial charge in [-0.05, 0) is 62.1 Å². The summed E-state index contributed by atoms with van der Waals surface area (Å²) < 4.78 is 0. The van der Waals surface area contributed by atoms with Crippen LogP contribution in [0.1, 0.15) is 27.9 Å². The lowest BCUT2D eigenvalue weighted by molar-refractivity contribution is 0.0977. The molecule has 0 aromatic heterocycles. The molecule has 0 bridgehead atoms. The Morgan fingerprint density at radius 3 is 2.69 bits per heavy atom. The van der Waals surface area contributed by atoms with E-state index < -0.39 is 0 Å². The molecule has 0 unspecified atom stereocenters. The predicted octanol–water partition coefficient (Wildman–Crippen LogP) is 6.20. The summed E-state index contributed by atoms with van der Waals surface area (Å²) in [6, 6.07) is 12.8. The average molecular weight is 504 g/mol. The van der Waals surface area contributed by atoms with Gasteiger partial charge in [-0.25, -0.2) is 4.99 Å². The molecule has 2 aliphatic rings. The van der Waals surface area contributed by atoms with E-state index in [1.165, 1.54) is 6.07 Å². The van der Waals surface area contributed by atoms with Gasteiger partial charge in [0.2, 0.25) is 0 Å². The molecule has 0 saturated carbocycles. The van der Waals surface area contributed by atoms with Crippen LogP contribution >= 0.6 is 23.2 Å². The Hall–Kier alpha value is -3.74. The number of aliphatic imine (C=N–C) groups is 2. The number of hydrogen-bond acceptors (Lipinski definition) is 5. The van der Waals surface area contributed by atoms with Gasteiger partial charge < -0.3 is 5.32 Å². The number of carbonyl (C=O) groups is 1. The molecule has 176 valence electrons.